The Bertz CT molecular complexity index is 1140. The van der Waals surface area contributed by atoms with E-state index in [4.69, 9.17) is 9.15 Å². The number of anilines is 1. The molecule has 1 amide bonds. The van der Waals surface area contributed by atoms with Crippen LogP contribution >= 0.6 is 0 Å². The lowest BCUT2D eigenvalue weighted by atomic mass is 10.0. The molecule has 0 aliphatic carbocycles. The third kappa shape index (κ3) is 3.44. The highest BCUT2D eigenvalue weighted by Gasteiger charge is 2.24. The molecule has 8 nitrogen and oxygen atoms in total. The van der Waals surface area contributed by atoms with Gasteiger partial charge >= 0.3 is 5.63 Å². The lowest BCUT2D eigenvalue weighted by molar-refractivity contribution is -0.384. The van der Waals surface area contributed by atoms with Gasteiger partial charge in [0.2, 0.25) is 0 Å². The average molecular weight is 380 g/mol. The molecule has 0 radical (unpaired) electrons. The van der Waals surface area contributed by atoms with Crippen LogP contribution in [0.25, 0.3) is 11.0 Å². The number of carbonyl (C=O) groups excluding carboxylic acids is 1. The Morgan fingerprint density at radius 2 is 2.00 bits per heavy atom. The van der Waals surface area contributed by atoms with Gasteiger partial charge in [0.25, 0.3) is 11.6 Å². The standard InChI is InChI=1S/C20H16N2O6/c23-19(12-27-16-6-3-13-4-8-20(24)28-18(13)11-16)21-9-1-2-14-10-15(22(25)26)5-7-17(14)21/h3-8,10-11H,1-2,9,12H2. The number of hydrogen-bond acceptors (Lipinski definition) is 6. The number of ether oxygens (including phenoxy) is 1. The summed E-state index contributed by atoms with van der Waals surface area (Å²) in [6, 6.07) is 12.5. The molecule has 0 spiro atoms. The summed E-state index contributed by atoms with van der Waals surface area (Å²) in [6.45, 7) is 0.332. The van der Waals surface area contributed by atoms with Crippen LogP contribution in [0, 0.1) is 10.1 Å². The zero-order valence-electron chi connectivity index (χ0n) is 14.8. The lowest BCUT2D eigenvalue weighted by Gasteiger charge is -2.29. The summed E-state index contributed by atoms with van der Waals surface area (Å²) in [5.74, 6) is 0.167. The molecule has 0 saturated heterocycles. The van der Waals surface area contributed by atoms with E-state index in [1.165, 1.54) is 18.2 Å². The van der Waals surface area contributed by atoms with Crippen molar-refractivity contribution in [3.63, 3.8) is 0 Å². The summed E-state index contributed by atoms with van der Waals surface area (Å²) in [6.07, 6.45) is 1.41. The van der Waals surface area contributed by atoms with Crippen molar-refractivity contribution in [2.24, 2.45) is 0 Å². The molecule has 0 saturated carbocycles. The van der Waals surface area contributed by atoms with Crippen molar-refractivity contribution < 1.29 is 18.9 Å². The molecule has 0 bridgehead atoms. The fourth-order valence-electron chi connectivity index (χ4n) is 3.31. The third-order valence-corrected chi connectivity index (χ3v) is 4.65. The first-order chi connectivity index (χ1) is 13.5. The normalized spacial score (nSPS) is 13.2. The lowest BCUT2D eigenvalue weighted by Crippen LogP contribution is -2.38. The smallest absolute Gasteiger partial charge is 0.336 e. The predicted molar refractivity (Wildman–Crippen MR) is 102 cm³/mol. The second kappa shape index (κ2) is 7.15. The van der Waals surface area contributed by atoms with E-state index < -0.39 is 10.5 Å². The number of amides is 1. The van der Waals surface area contributed by atoms with Crippen LogP contribution in [0.1, 0.15) is 12.0 Å². The van der Waals surface area contributed by atoms with Crippen LogP contribution in [-0.4, -0.2) is 24.0 Å². The number of nitro benzene ring substituents is 1. The van der Waals surface area contributed by atoms with Crippen molar-refractivity contribution in [3.8, 4) is 5.75 Å². The highest BCUT2D eigenvalue weighted by molar-refractivity contribution is 5.95. The predicted octanol–water partition coefficient (Wildman–Crippen LogP) is 3.06. The minimum Gasteiger partial charge on any atom is -0.484 e. The zero-order valence-corrected chi connectivity index (χ0v) is 14.8. The van der Waals surface area contributed by atoms with Crippen molar-refractivity contribution in [2.45, 2.75) is 12.8 Å². The first kappa shape index (κ1) is 17.7. The highest BCUT2D eigenvalue weighted by Crippen LogP contribution is 2.30. The first-order valence-corrected chi connectivity index (χ1v) is 8.76. The van der Waals surface area contributed by atoms with Crippen LogP contribution in [-0.2, 0) is 11.2 Å². The molecule has 2 heterocycles. The number of nitro groups is 1. The Morgan fingerprint density at radius 3 is 2.82 bits per heavy atom. The Hall–Kier alpha value is -3.68. The van der Waals surface area contributed by atoms with Gasteiger partial charge < -0.3 is 14.1 Å². The summed E-state index contributed by atoms with van der Waals surface area (Å²) in [5, 5.41) is 11.7. The Labute approximate surface area is 159 Å². The van der Waals surface area contributed by atoms with E-state index in [9.17, 15) is 19.7 Å². The van der Waals surface area contributed by atoms with Gasteiger partial charge in [0.1, 0.15) is 11.3 Å². The Kier molecular flexibility index (Phi) is 4.52. The second-order valence-corrected chi connectivity index (χ2v) is 6.46. The molecular weight excluding hydrogens is 364 g/mol. The number of carbonyl (C=O) groups is 1. The number of fused-ring (bicyclic) bond motifs is 2. The summed E-state index contributed by atoms with van der Waals surface area (Å²) < 4.78 is 10.7. The molecule has 1 aliphatic heterocycles. The van der Waals surface area contributed by atoms with Gasteiger partial charge in [-0.2, -0.15) is 0 Å². The number of rotatable bonds is 4. The first-order valence-electron chi connectivity index (χ1n) is 8.76. The molecule has 1 aliphatic rings. The van der Waals surface area contributed by atoms with E-state index in [1.54, 1.807) is 35.2 Å². The molecule has 142 valence electrons. The van der Waals surface area contributed by atoms with Crippen molar-refractivity contribution in [1.82, 2.24) is 0 Å². The van der Waals surface area contributed by atoms with Gasteiger partial charge in [-0.1, -0.05) is 0 Å². The van der Waals surface area contributed by atoms with Crippen LogP contribution in [0.2, 0.25) is 0 Å². The monoisotopic (exact) mass is 380 g/mol. The van der Waals surface area contributed by atoms with Crippen molar-refractivity contribution in [2.75, 3.05) is 18.1 Å². The van der Waals surface area contributed by atoms with E-state index >= 15 is 0 Å². The van der Waals surface area contributed by atoms with Gasteiger partial charge in [-0.3, -0.25) is 14.9 Å². The molecule has 0 N–H and O–H groups in total. The summed E-state index contributed by atoms with van der Waals surface area (Å²) >= 11 is 0. The van der Waals surface area contributed by atoms with Gasteiger partial charge in [0.05, 0.1) is 4.92 Å². The molecule has 28 heavy (non-hydrogen) atoms. The minimum atomic E-state index is -0.459. The number of hydrogen-bond donors (Lipinski definition) is 0. The number of nitrogens with zero attached hydrogens (tertiary/aromatic N) is 2. The summed E-state index contributed by atoms with van der Waals surface area (Å²) in [4.78, 5) is 36.1. The Morgan fingerprint density at radius 1 is 1.18 bits per heavy atom. The molecule has 4 rings (SSSR count). The molecule has 0 fully saturated rings. The molecule has 1 aromatic heterocycles. The van der Waals surface area contributed by atoms with Crippen LogP contribution < -0.4 is 15.3 Å². The molecule has 2 aromatic carbocycles. The van der Waals surface area contributed by atoms with Gasteiger partial charge in [0.15, 0.2) is 6.61 Å². The van der Waals surface area contributed by atoms with Crippen molar-refractivity contribution in [1.29, 1.82) is 0 Å². The number of non-ortho nitro benzene ring substituents is 1. The molecule has 3 aromatic rings. The summed E-state index contributed by atoms with van der Waals surface area (Å²) in [7, 11) is 0. The topological polar surface area (TPSA) is 103 Å². The quantitative estimate of drug-likeness (QED) is 0.391. The van der Waals surface area contributed by atoms with Crippen molar-refractivity contribution in [3.05, 3.63) is 74.6 Å². The van der Waals surface area contributed by atoms with E-state index in [0.717, 1.165) is 17.4 Å². The minimum absolute atomic E-state index is 0.0157. The maximum absolute atomic E-state index is 12.7. The maximum Gasteiger partial charge on any atom is 0.336 e. The van der Waals surface area contributed by atoms with Gasteiger partial charge in [-0.25, -0.2) is 4.79 Å². The van der Waals surface area contributed by atoms with Crippen LogP contribution in [0.15, 0.2) is 57.7 Å². The fourth-order valence-corrected chi connectivity index (χ4v) is 3.31. The third-order valence-electron chi connectivity index (χ3n) is 4.65. The SMILES string of the molecule is O=C(COc1ccc2ccc(=O)oc2c1)N1CCCc2cc([N+](=O)[O-])ccc21. The second-order valence-electron chi connectivity index (χ2n) is 6.46. The van der Waals surface area contributed by atoms with Crippen molar-refractivity contribution >= 4 is 28.3 Å². The molecule has 0 atom stereocenters. The highest BCUT2D eigenvalue weighted by atomic mass is 16.6. The number of aryl methyl sites for hydroxylation is 1. The summed E-state index contributed by atoms with van der Waals surface area (Å²) in [5.41, 5.74) is 1.39. The van der Waals surface area contributed by atoms with Crippen LogP contribution in [0.4, 0.5) is 11.4 Å². The zero-order chi connectivity index (χ0) is 19.7. The largest absolute Gasteiger partial charge is 0.484 e. The Balaban J connectivity index is 1.50. The molecular formula is C20H16N2O6. The average Bonchev–Trinajstić information content (AvgIpc) is 2.70. The van der Waals surface area contributed by atoms with E-state index in [0.29, 0.717) is 30.0 Å². The van der Waals surface area contributed by atoms with Gasteiger partial charge in [-0.15, -0.1) is 0 Å². The van der Waals surface area contributed by atoms with E-state index in [1.807, 2.05) is 0 Å². The molecule has 8 heteroatoms. The fraction of sp³-hybridized carbons (Fsp3) is 0.200. The van der Waals surface area contributed by atoms with Gasteiger partial charge in [-0.05, 0) is 42.7 Å². The van der Waals surface area contributed by atoms with E-state index in [2.05, 4.69) is 0 Å². The maximum atomic E-state index is 12.7. The van der Waals surface area contributed by atoms with Crippen LogP contribution in [0.5, 0.6) is 5.75 Å². The number of benzene rings is 2. The van der Waals surface area contributed by atoms with Crippen LogP contribution in [0.3, 0.4) is 0 Å². The van der Waals surface area contributed by atoms with E-state index in [-0.39, 0.29) is 18.2 Å². The molecule has 0 unspecified atom stereocenters. The van der Waals surface area contributed by atoms with Gasteiger partial charge in [0, 0.05) is 41.9 Å².